The first kappa shape index (κ1) is 16.9. The molecule has 124 valence electrons. The first-order chi connectivity index (χ1) is 11.1. The summed E-state index contributed by atoms with van der Waals surface area (Å²) in [5.74, 6) is 0.909. The van der Waals surface area contributed by atoms with Gasteiger partial charge in [-0.25, -0.2) is 4.79 Å². The third kappa shape index (κ3) is 5.03. The highest BCUT2D eigenvalue weighted by Crippen LogP contribution is 2.10. The van der Waals surface area contributed by atoms with E-state index in [1.165, 1.54) is 0 Å². The third-order valence-corrected chi connectivity index (χ3v) is 3.19. The van der Waals surface area contributed by atoms with Gasteiger partial charge in [-0.15, -0.1) is 0 Å². The van der Waals surface area contributed by atoms with E-state index < -0.39 is 0 Å². The van der Waals surface area contributed by atoms with Crippen LogP contribution < -0.4 is 5.32 Å². The number of hydrogen-bond acceptors (Lipinski definition) is 6. The second-order valence-electron chi connectivity index (χ2n) is 5.09. The van der Waals surface area contributed by atoms with Crippen molar-refractivity contribution in [1.29, 1.82) is 0 Å². The minimum Gasteiger partial charge on any atom is -0.383 e. The van der Waals surface area contributed by atoms with Crippen LogP contribution in [0.5, 0.6) is 0 Å². The highest BCUT2D eigenvalue weighted by Gasteiger charge is 2.20. The molecule has 2 aromatic heterocycles. The monoisotopic (exact) mass is 319 g/mol. The number of methoxy groups -OCH3 is 1. The number of nitrogens with one attached hydrogen (secondary N) is 1. The molecule has 0 unspecified atom stereocenters. The summed E-state index contributed by atoms with van der Waals surface area (Å²) in [5.41, 5.74) is 0.806. The summed E-state index contributed by atoms with van der Waals surface area (Å²) in [6.45, 7) is 4.81. The second-order valence-corrected chi connectivity index (χ2v) is 5.09. The molecule has 2 amide bonds. The Morgan fingerprint density at radius 3 is 2.91 bits per heavy atom. The average molecular weight is 319 g/mol. The predicted octanol–water partition coefficient (Wildman–Crippen LogP) is 1.69. The molecule has 2 aromatic rings. The molecule has 23 heavy (non-hydrogen) atoms. The Labute approximate surface area is 134 Å². The van der Waals surface area contributed by atoms with Crippen LogP contribution in [0.25, 0.3) is 0 Å². The lowest BCUT2D eigenvalue weighted by molar-refractivity contribution is 0.143. The summed E-state index contributed by atoms with van der Waals surface area (Å²) in [4.78, 5) is 22.5. The lowest BCUT2D eigenvalue weighted by Gasteiger charge is -2.23. The Bertz CT molecular complexity index is 617. The smallest absolute Gasteiger partial charge is 0.318 e. The number of nitrogens with zero attached hydrogens (tertiary/aromatic N) is 4. The van der Waals surface area contributed by atoms with Gasteiger partial charge in [-0.05, 0) is 26.0 Å². The molecule has 8 nitrogen and oxygen atoms in total. The van der Waals surface area contributed by atoms with Crippen LogP contribution in [0.4, 0.5) is 4.79 Å². The molecule has 0 aliphatic heterocycles. The quantitative estimate of drug-likeness (QED) is 0.835. The van der Waals surface area contributed by atoms with E-state index in [9.17, 15) is 4.79 Å². The van der Waals surface area contributed by atoms with Gasteiger partial charge in [0.15, 0.2) is 5.82 Å². The van der Waals surface area contributed by atoms with Gasteiger partial charge < -0.3 is 19.5 Å². The molecule has 0 aliphatic rings. The fraction of sp³-hybridized carbons (Fsp3) is 0.467. The topological polar surface area (TPSA) is 93.4 Å². The van der Waals surface area contributed by atoms with Crippen LogP contribution in [-0.2, 0) is 11.3 Å². The van der Waals surface area contributed by atoms with Crippen molar-refractivity contribution >= 4 is 6.03 Å². The van der Waals surface area contributed by atoms with Gasteiger partial charge in [0.1, 0.15) is 6.04 Å². The van der Waals surface area contributed by atoms with Crippen LogP contribution >= 0.6 is 0 Å². The number of rotatable bonds is 7. The maximum atomic E-state index is 12.5. The highest BCUT2D eigenvalue weighted by molar-refractivity contribution is 5.74. The molecule has 0 fully saturated rings. The maximum Gasteiger partial charge on any atom is 0.318 e. The Balaban J connectivity index is 2.00. The summed E-state index contributed by atoms with van der Waals surface area (Å²) in [7, 11) is 1.60. The molecule has 2 heterocycles. The number of amides is 2. The van der Waals surface area contributed by atoms with E-state index in [1.807, 2.05) is 18.2 Å². The summed E-state index contributed by atoms with van der Waals surface area (Å²) in [5, 5.41) is 6.57. The second kappa shape index (κ2) is 8.23. The lowest BCUT2D eigenvalue weighted by Crippen LogP contribution is -2.42. The summed E-state index contributed by atoms with van der Waals surface area (Å²) in [6.07, 6.45) is 1.70. The molecule has 0 radical (unpaired) electrons. The van der Waals surface area contributed by atoms with Gasteiger partial charge in [0.2, 0.25) is 5.89 Å². The molecule has 1 atom stereocenters. The Hall–Kier alpha value is -2.48. The van der Waals surface area contributed by atoms with E-state index in [1.54, 1.807) is 32.1 Å². The number of aryl methyl sites for hydroxylation is 1. The lowest BCUT2D eigenvalue weighted by atomic mass is 10.3. The number of hydrogen-bond donors (Lipinski definition) is 1. The van der Waals surface area contributed by atoms with Crippen LogP contribution in [0, 0.1) is 6.92 Å². The zero-order chi connectivity index (χ0) is 16.7. The molecule has 0 saturated heterocycles. The van der Waals surface area contributed by atoms with Gasteiger partial charge in [0.05, 0.1) is 18.8 Å². The van der Waals surface area contributed by atoms with Crippen LogP contribution in [0.15, 0.2) is 28.9 Å². The third-order valence-electron chi connectivity index (χ3n) is 3.19. The van der Waals surface area contributed by atoms with Crippen molar-refractivity contribution in [2.24, 2.45) is 0 Å². The van der Waals surface area contributed by atoms with E-state index in [0.29, 0.717) is 31.4 Å². The minimum atomic E-state index is -0.377. The van der Waals surface area contributed by atoms with Crippen LogP contribution in [0.2, 0.25) is 0 Å². The van der Waals surface area contributed by atoms with Crippen molar-refractivity contribution in [2.75, 3.05) is 20.3 Å². The van der Waals surface area contributed by atoms with E-state index in [0.717, 1.165) is 5.69 Å². The first-order valence-electron chi connectivity index (χ1n) is 7.34. The van der Waals surface area contributed by atoms with Crippen molar-refractivity contribution < 1.29 is 14.1 Å². The number of ether oxygens (including phenoxy) is 1. The van der Waals surface area contributed by atoms with Crippen molar-refractivity contribution in [3.05, 3.63) is 41.8 Å². The molecule has 0 aromatic carbocycles. The zero-order valence-corrected chi connectivity index (χ0v) is 13.5. The van der Waals surface area contributed by atoms with E-state index in [-0.39, 0.29) is 12.1 Å². The van der Waals surface area contributed by atoms with Crippen molar-refractivity contribution in [2.45, 2.75) is 26.4 Å². The largest absolute Gasteiger partial charge is 0.383 e. The molecular weight excluding hydrogens is 298 g/mol. The fourth-order valence-electron chi connectivity index (χ4n) is 1.97. The van der Waals surface area contributed by atoms with Gasteiger partial charge in [-0.2, -0.15) is 4.98 Å². The molecule has 0 bridgehead atoms. The molecule has 0 saturated carbocycles. The number of carbonyl (C=O) groups is 1. The normalized spacial score (nSPS) is 12.0. The number of carbonyl (C=O) groups excluding carboxylic acids is 1. The van der Waals surface area contributed by atoms with Crippen LogP contribution in [0.3, 0.4) is 0 Å². The minimum absolute atomic E-state index is 0.240. The number of aromatic nitrogens is 3. The van der Waals surface area contributed by atoms with Crippen LogP contribution in [-0.4, -0.2) is 46.3 Å². The first-order valence-corrected chi connectivity index (χ1v) is 7.34. The molecule has 0 spiro atoms. The van der Waals surface area contributed by atoms with Crippen molar-refractivity contribution in [3.63, 3.8) is 0 Å². The average Bonchev–Trinajstić information content (AvgIpc) is 2.99. The van der Waals surface area contributed by atoms with Gasteiger partial charge in [-0.3, -0.25) is 4.98 Å². The van der Waals surface area contributed by atoms with Crippen molar-refractivity contribution in [3.8, 4) is 0 Å². The molecule has 0 aliphatic carbocycles. The van der Waals surface area contributed by atoms with Gasteiger partial charge in [0.25, 0.3) is 0 Å². The van der Waals surface area contributed by atoms with E-state index in [2.05, 4.69) is 20.4 Å². The van der Waals surface area contributed by atoms with Crippen LogP contribution in [0.1, 0.15) is 30.4 Å². The number of urea groups is 1. The predicted molar refractivity (Wildman–Crippen MR) is 82.5 cm³/mol. The fourth-order valence-corrected chi connectivity index (χ4v) is 1.97. The van der Waals surface area contributed by atoms with Gasteiger partial charge >= 0.3 is 6.03 Å². The van der Waals surface area contributed by atoms with E-state index in [4.69, 9.17) is 9.26 Å². The summed E-state index contributed by atoms with van der Waals surface area (Å²) >= 11 is 0. The highest BCUT2D eigenvalue weighted by atomic mass is 16.5. The molecular formula is C15H21N5O3. The zero-order valence-electron chi connectivity index (χ0n) is 13.5. The Morgan fingerprint density at radius 2 is 2.30 bits per heavy atom. The van der Waals surface area contributed by atoms with Crippen molar-refractivity contribution in [1.82, 2.24) is 25.3 Å². The van der Waals surface area contributed by atoms with Gasteiger partial charge in [0, 0.05) is 19.9 Å². The summed E-state index contributed by atoms with van der Waals surface area (Å²) < 4.78 is 10.1. The Morgan fingerprint density at radius 1 is 1.48 bits per heavy atom. The standard InChI is InChI=1S/C15H21N5O3/c1-11(14-18-12(2)19-23-14)17-15(21)20(8-9-22-3)10-13-6-4-5-7-16-13/h4-7,11H,8-10H2,1-3H3,(H,17,21)/t11-/m0/s1. The molecule has 2 rings (SSSR count). The molecule has 1 N–H and O–H groups in total. The SMILES string of the molecule is COCCN(Cc1ccccn1)C(=O)N[C@@H](C)c1nc(C)no1. The van der Waals surface area contributed by atoms with E-state index >= 15 is 0 Å². The number of pyridine rings is 1. The Kier molecular flexibility index (Phi) is 6.04. The van der Waals surface area contributed by atoms with Gasteiger partial charge in [-0.1, -0.05) is 11.2 Å². The maximum absolute atomic E-state index is 12.5. The summed E-state index contributed by atoms with van der Waals surface area (Å²) in [6, 6.07) is 4.98. The molecule has 8 heteroatoms.